The van der Waals surface area contributed by atoms with Gasteiger partial charge in [-0.2, -0.15) is 18.3 Å². The van der Waals surface area contributed by atoms with Crippen LogP contribution in [0.15, 0.2) is 35.5 Å². The zero-order chi connectivity index (χ0) is 29.0. The first kappa shape index (κ1) is 28.4. The number of aliphatic carboxylic acids is 1. The molecule has 2 heterocycles. The number of aliphatic hydroxyl groups is 1. The SMILES string of the molecule is Cc1ccc(S(=O)(=O)NC23CC(CO)(C2)C3)cc1-c1cnc(N)c(-c2cn(C)nc2C)n1.O=C(O)C(F)(F)F. The molecule has 11 nitrogen and oxygen atoms in total. The van der Waals surface area contributed by atoms with Gasteiger partial charge in [-0.3, -0.25) is 4.68 Å². The first-order valence-electron chi connectivity index (χ1n) is 11.7. The summed E-state index contributed by atoms with van der Waals surface area (Å²) in [7, 11) is -1.89. The van der Waals surface area contributed by atoms with Gasteiger partial charge < -0.3 is 15.9 Å². The van der Waals surface area contributed by atoms with Gasteiger partial charge in [0, 0.05) is 36.5 Å². The number of benzene rings is 1. The van der Waals surface area contributed by atoms with Crippen LogP contribution in [0.3, 0.4) is 0 Å². The number of nitrogens with zero attached hydrogens (tertiary/aromatic N) is 4. The summed E-state index contributed by atoms with van der Waals surface area (Å²) in [6, 6.07) is 5.00. The molecule has 3 aliphatic rings. The van der Waals surface area contributed by atoms with E-state index in [-0.39, 0.29) is 22.7 Å². The molecule has 0 radical (unpaired) electrons. The van der Waals surface area contributed by atoms with Crippen LogP contribution in [0.4, 0.5) is 19.0 Å². The molecule has 6 rings (SSSR count). The summed E-state index contributed by atoms with van der Waals surface area (Å²) >= 11 is 0. The van der Waals surface area contributed by atoms with Gasteiger partial charge in [-0.15, -0.1) is 0 Å². The number of carboxylic acids is 1. The number of aromatic nitrogens is 4. The van der Waals surface area contributed by atoms with E-state index in [4.69, 9.17) is 20.6 Å². The number of halogens is 3. The van der Waals surface area contributed by atoms with Crippen LogP contribution in [0.25, 0.3) is 22.5 Å². The van der Waals surface area contributed by atoms with Crippen molar-refractivity contribution in [1.29, 1.82) is 0 Å². The van der Waals surface area contributed by atoms with Crippen LogP contribution >= 0.6 is 0 Å². The topological polar surface area (TPSA) is 173 Å². The van der Waals surface area contributed by atoms with E-state index in [0.717, 1.165) is 16.8 Å². The lowest BCUT2D eigenvalue weighted by Crippen LogP contribution is -2.75. The second-order valence-corrected chi connectivity index (χ2v) is 11.8. The predicted molar refractivity (Wildman–Crippen MR) is 134 cm³/mol. The Labute approximate surface area is 221 Å². The number of carboxylic acid groups (broad SMARTS) is 1. The molecule has 0 amide bonds. The van der Waals surface area contributed by atoms with Crippen molar-refractivity contribution in [3.05, 3.63) is 41.9 Å². The maximum atomic E-state index is 13.1. The van der Waals surface area contributed by atoms with E-state index in [2.05, 4.69) is 14.8 Å². The quantitative estimate of drug-likeness (QED) is 0.348. The summed E-state index contributed by atoms with van der Waals surface area (Å²) in [5.41, 5.74) is 9.76. The molecule has 3 saturated carbocycles. The van der Waals surface area contributed by atoms with Crippen molar-refractivity contribution in [1.82, 2.24) is 24.5 Å². The van der Waals surface area contributed by atoms with Crippen molar-refractivity contribution in [2.45, 2.75) is 49.7 Å². The molecule has 15 heteroatoms. The van der Waals surface area contributed by atoms with Gasteiger partial charge in [-0.25, -0.2) is 27.9 Å². The average Bonchev–Trinajstić information content (AvgIpc) is 3.13. The van der Waals surface area contributed by atoms with Gasteiger partial charge in [0.1, 0.15) is 11.5 Å². The van der Waals surface area contributed by atoms with E-state index in [1.807, 2.05) is 27.1 Å². The van der Waals surface area contributed by atoms with Crippen molar-refractivity contribution in [3.63, 3.8) is 0 Å². The lowest BCUT2D eigenvalue weighted by Gasteiger charge is -2.69. The molecule has 3 aromatic rings. The van der Waals surface area contributed by atoms with Crippen molar-refractivity contribution < 1.29 is 36.6 Å². The number of carbonyl (C=O) groups is 1. The Hall–Kier alpha value is -3.56. The molecule has 0 spiro atoms. The van der Waals surface area contributed by atoms with Crippen LogP contribution < -0.4 is 10.5 Å². The summed E-state index contributed by atoms with van der Waals surface area (Å²) in [6.07, 6.45) is 0.367. The number of alkyl halides is 3. The van der Waals surface area contributed by atoms with Gasteiger partial charge in [0.25, 0.3) is 0 Å². The van der Waals surface area contributed by atoms with E-state index in [1.165, 1.54) is 0 Å². The highest BCUT2D eigenvalue weighted by Crippen LogP contribution is 2.67. The van der Waals surface area contributed by atoms with Gasteiger partial charge in [0.05, 0.1) is 22.5 Å². The summed E-state index contributed by atoms with van der Waals surface area (Å²) < 4.78 is 62.5. The standard InChI is InChI=1S/C22H26N6O3S.C2HF3O2/c1-13-4-5-15(32(30,31)27-22-9-21(10-22,11-22)12-29)6-16(13)18-7-24-20(23)19(25-18)17-8-28(3)26-14(17)2;3-2(4,5)1(6)7/h4-8,27,29H,9-12H2,1-3H3,(H2,23,24);(H,6,7). The smallest absolute Gasteiger partial charge is 0.475 e. The third kappa shape index (κ3) is 5.46. The first-order valence-corrected chi connectivity index (χ1v) is 13.2. The molecule has 3 aliphatic carbocycles. The molecular weight excluding hydrogens is 541 g/mol. The van der Waals surface area contributed by atoms with E-state index in [9.17, 15) is 26.7 Å². The fraction of sp³-hybridized carbons (Fsp3) is 0.417. The Balaban J connectivity index is 0.000000448. The Morgan fingerprint density at radius 3 is 2.33 bits per heavy atom. The molecule has 0 aliphatic heterocycles. The van der Waals surface area contributed by atoms with Crippen LogP contribution in [-0.4, -0.2) is 62.7 Å². The molecule has 3 fully saturated rings. The van der Waals surface area contributed by atoms with Gasteiger partial charge in [-0.05, 0) is 56.2 Å². The zero-order valence-electron chi connectivity index (χ0n) is 21.2. The summed E-state index contributed by atoms with van der Waals surface area (Å²) in [5, 5.41) is 20.9. The molecule has 210 valence electrons. The number of hydrogen-bond acceptors (Lipinski definition) is 8. The lowest BCUT2D eigenvalue weighted by molar-refractivity contribution is -0.192. The molecule has 5 N–H and O–H groups in total. The molecule has 0 unspecified atom stereocenters. The number of nitrogens with one attached hydrogen (secondary N) is 1. The van der Waals surface area contributed by atoms with Crippen molar-refractivity contribution in [2.24, 2.45) is 12.5 Å². The Morgan fingerprint density at radius 2 is 1.82 bits per heavy atom. The number of rotatable bonds is 6. The third-order valence-electron chi connectivity index (χ3n) is 6.93. The molecule has 2 bridgehead atoms. The molecular formula is C24H27F3N6O5S. The van der Waals surface area contributed by atoms with Gasteiger partial charge in [-0.1, -0.05) is 6.07 Å². The van der Waals surface area contributed by atoms with Crippen LogP contribution in [-0.2, 0) is 21.9 Å². The normalized spacial score (nSPS) is 21.8. The number of aliphatic hydroxyl groups excluding tert-OH is 1. The number of aryl methyl sites for hydroxylation is 3. The zero-order valence-corrected chi connectivity index (χ0v) is 22.1. The monoisotopic (exact) mass is 568 g/mol. The van der Waals surface area contributed by atoms with Crippen LogP contribution in [0.2, 0.25) is 0 Å². The molecule has 0 atom stereocenters. The number of nitrogen functional groups attached to an aromatic ring is 1. The Morgan fingerprint density at radius 1 is 1.21 bits per heavy atom. The second kappa shape index (κ2) is 9.57. The maximum absolute atomic E-state index is 13.1. The Kier molecular flexibility index (Phi) is 6.98. The largest absolute Gasteiger partial charge is 0.490 e. The third-order valence-corrected chi connectivity index (χ3v) is 8.51. The van der Waals surface area contributed by atoms with Crippen molar-refractivity contribution in [2.75, 3.05) is 12.3 Å². The minimum Gasteiger partial charge on any atom is -0.475 e. The molecule has 1 aromatic carbocycles. The van der Waals surface area contributed by atoms with Crippen LogP contribution in [0.5, 0.6) is 0 Å². The average molecular weight is 569 g/mol. The Bertz CT molecular complexity index is 1530. The number of sulfonamides is 1. The number of nitrogens with two attached hydrogens (primary N) is 1. The summed E-state index contributed by atoms with van der Waals surface area (Å²) in [5.74, 6) is -2.47. The minimum atomic E-state index is -5.08. The van der Waals surface area contributed by atoms with Crippen molar-refractivity contribution in [3.8, 4) is 22.5 Å². The highest BCUT2D eigenvalue weighted by Gasteiger charge is 2.68. The molecule has 39 heavy (non-hydrogen) atoms. The van der Waals surface area contributed by atoms with E-state index in [1.54, 1.807) is 29.1 Å². The fourth-order valence-electron chi connectivity index (χ4n) is 5.22. The summed E-state index contributed by atoms with van der Waals surface area (Å²) in [4.78, 5) is 18.1. The van der Waals surface area contributed by atoms with Crippen molar-refractivity contribution >= 4 is 21.8 Å². The minimum absolute atomic E-state index is 0.0820. The molecule has 0 saturated heterocycles. The molecule has 2 aromatic heterocycles. The lowest BCUT2D eigenvalue weighted by atomic mass is 9.40. The second-order valence-electron chi connectivity index (χ2n) is 10.1. The predicted octanol–water partition coefficient (Wildman–Crippen LogP) is 2.57. The highest BCUT2D eigenvalue weighted by molar-refractivity contribution is 7.89. The fourth-order valence-corrected chi connectivity index (χ4v) is 6.65. The summed E-state index contributed by atoms with van der Waals surface area (Å²) in [6.45, 7) is 3.89. The highest BCUT2D eigenvalue weighted by atomic mass is 32.2. The van der Waals surface area contributed by atoms with Crippen LogP contribution in [0.1, 0.15) is 30.5 Å². The van der Waals surface area contributed by atoms with E-state index < -0.39 is 27.7 Å². The van der Waals surface area contributed by atoms with E-state index in [0.29, 0.717) is 36.2 Å². The first-order chi connectivity index (χ1) is 18.0. The maximum Gasteiger partial charge on any atom is 0.490 e. The number of hydrogen-bond donors (Lipinski definition) is 4. The van der Waals surface area contributed by atoms with Gasteiger partial charge >= 0.3 is 12.1 Å². The van der Waals surface area contributed by atoms with Crippen LogP contribution in [0, 0.1) is 19.3 Å². The van der Waals surface area contributed by atoms with Gasteiger partial charge in [0.15, 0.2) is 0 Å². The van der Waals surface area contributed by atoms with Gasteiger partial charge in [0.2, 0.25) is 10.0 Å². The van der Waals surface area contributed by atoms with E-state index >= 15 is 0 Å². The number of anilines is 1.